The van der Waals surface area contributed by atoms with Gasteiger partial charge in [-0.25, -0.2) is 9.67 Å². The lowest BCUT2D eigenvalue weighted by atomic mass is 10.1. The van der Waals surface area contributed by atoms with E-state index in [1.807, 2.05) is 64.7 Å². The zero-order chi connectivity index (χ0) is 21.2. The maximum absolute atomic E-state index is 6.11. The van der Waals surface area contributed by atoms with Gasteiger partial charge in [0.1, 0.15) is 11.3 Å². The summed E-state index contributed by atoms with van der Waals surface area (Å²) >= 11 is 1.53. The molecule has 0 aliphatic heterocycles. The molecule has 3 aromatic heterocycles. The highest BCUT2D eigenvalue weighted by atomic mass is 32.1. The standard InChI is InChI=1S/C25H20N4OS/c1-17-7-5-10-21(18(17)2)28-25-29(27-15-19-8-6-12-26-14-19)22(16-31-25)24-13-20-9-3-4-11-23(20)30-24/h3-16H,1-2H3. The number of aromatic nitrogens is 2. The third-order valence-electron chi connectivity index (χ3n) is 5.16. The minimum Gasteiger partial charge on any atom is -0.454 e. The predicted molar refractivity (Wildman–Crippen MR) is 126 cm³/mol. The zero-order valence-electron chi connectivity index (χ0n) is 17.2. The second kappa shape index (κ2) is 8.16. The van der Waals surface area contributed by atoms with Crippen LogP contribution in [0.5, 0.6) is 0 Å². The van der Waals surface area contributed by atoms with Crippen LogP contribution in [0.3, 0.4) is 0 Å². The van der Waals surface area contributed by atoms with Gasteiger partial charge in [0.25, 0.3) is 0 Å². The largest absolute Gasteiger partial charge is 0.454 e. The molecular weight excluding hydrogens is 404 g/mol. The number of para-hydroxylation sites is 1. The van der Waals surface area contributed by atoms with Gasteiger partial charge in [0.2, 0.25) is 4.80 Å². The van der Waals surface area contributed by atoms with E-state index in [0.717, 1.165) is 44.0 Å². The molecule has 0 N–H and O–H groups in total. The molecule has 5 rings (SSSR count). The Kier molecular flexibility index (Phi) is 5.06. The van der Waals surface area contributed by atoms with Crippen LogP contribution in [0, 0.1) is 13.8 Å². The summed E-state index contributed by atoms with van der Waals surface area (Å²) in [6.45, 7) is 4.18. The van der Waals surface area contributed by atoms with Crippen LogP contribution in [0.2, 0.25) is 0 Å². The third-order valence-corrected chi connectivity index (χ3v) is 5.98. The van der Waals surface area contributed by atoms with E-state index >= 15 is 0 Å². The Morgan fingerprint density at radius 2 is 1.94 bits per heavy atom. The highest BCUT2D eigenvalue weighted by Gasteiger charge is 2.13. The molecular formula is C25H20N4OS. The van der Waals surface area contributed by atoms with Crippen molar-refractivity contribution in [3.63, 3.8) is 0 Å². The van der Waals surface area contributed by atoms with Crippen molar-refractivity contribution in [1.29, 1.82) is 0 Å². The average molecular weight is 425 g/mol. The van der Waals surface area contributed by atoms with Crippen molar-refractivity contribution in [2.24, 2.45) is 10.1 Å². The first-order chi connectivity index (χ1) is 15.2. The average Bonchev–Trinajstić information content (AvgIpc) is 3.40. The second-order valence-corrected chi connectivity index (χ2v) is 8.06. The summed E-state index contributed by atoms with van der Waals surface area (Å²) in [5.41, 5.74) is 5.91. The first-order valence-electron chi connectivity index (χ1n) is 9.94. The molecule has 0 saturated heterocycles. The van der Waals surface area contributed by atoms with Gasteiger partial charge in [-0.15, -0.1) is 11.3 Å². The van der Waals surface area contributed by atoms with Crippen molar-refractivity contribution in [2.45, 2.75) is 13.8 Å². The van der Waals surface area contributed by atoms with Gasteiger partial charge in [0, 0.05) is 28.7 Å². The van der Waals surface area contributed by atoms with Crippen LogP contribution < -0.4 is 4.80 Å². The van der Waals surface area contributed by atoms with E-state index in [1.165, 1.54) is 16.9 Å². The number of rotatable bonds is 4. The number of aryl methyl sites for hydroxylation is 1. The summed E-state index contributed by atoms with van der Waals surface area (Å²) in [7, 11) is 0. The Morgan fingerprint density at radius 3 is 2.77 bits per heavy atom. The quantitative estimate of drug-likeness (QED) is 0.328. The SMILES string of the molecule is Cc1cccc(N=c2scc(-c3cc4ccccc4o3)n2N=Cc2cccnc2)c1C. The molecule has 0 radical (unpaired) electrons. The normalized spacial score (nSPS) is 12.3. The highest BCUT2D eigenvalue weighted by Crippen LogP contribution is 2.28. The van der Waals surface area contributed by atoms with Crippen LogP contribution in [-0.2, 0) is 0 Å². The van der Waals surface area contributed by atoms with Crippen molar-refractivity contribution < 1.29 is 4.42 Å². The zero-order valence-corrected chi connectivity index (χ0v) is 18.0. The smallest absolute Gasteiger partial charge is 0.211 e. The summed E-state index contributed by atoms with van der Waals surface area (Å²) in [5, 5.41) is 7.82. The number of benzene rings is 2. The summed E-state index contributed by atoms with van der Waals surface area (Å²) in [6, 6.07) is 20.0. The van der Waals surface area contributed by atoms with Crippen LogP contribution in [0.25, 0.3) is 22.4 Å². The van der Waals surface area contributed by atoms with Crippen molar-refractivity contribution in [3.8, 4) is 11.5 Å². The minimum absolute atomic E-state index is 0.753. The molecule has 31 heavy (non-hydrogen) atoms. The Labute approximate surface area is 183 Å². The Bertz CT molecular complexity index is 1420. The van der Waals surface area contributed by atoms with Crippen molar-refractivity contribution in [1.82, 2.24) is 9.66 Å². The maximum atomic E-state index is 6.11. The molecule has 0 amide bonds. The summed E-state index contributed by atoms with van der Waals surface area (Å²) < 4.78 is 7.94. The van der Waals surface area contributed by atoms with E-state index in [-0.39, 0.29) is 0 Å². The monoisotopic (exact) mass is 424 g/mol. The van der Waals surface area contributed by atoms with Crippen molar-refractivity contribution in [3.05, 3.63) is 99.9 Å². The highest BCUT2D eigenvalue weighted by molar-refractivity contribution is 7.07. The lowest BCUT2D eigenvalue weighted by Gasteiger charge is -2.04. The number of nitrogens with zero attached hydrogens (tertiary/aromatic N) is 4. The van der Waals surface area contributed by atoms with Gasteiger partial charge in [-0.1, -0.05) is 36.4 Å². The maximum Gasteiger partial charge on any atom is 0.211 e. The fourth-order valence-electron chi connectivity index (χ4n) is 3.30. The van der Waals surface area contributed by atoms with E-state index in [9.17, 15) is 0 Å². The van der Waals surface area contributed by atoms with E-state index in [2.05, 4.69) is 24.9 Å². The van der Waals surface area contributed by atoms with Gasteiger partial charge >= 0.3 is 0 Å². The van der Waals surface area contributed by atoms with Crippen LogP contribution in [-0.4, -0.2) is 15.9 Å². The number of furan rings is 1. The van der Waals surface area contributed by atoms with Gasteiger partial charge in [-0.3, -0.25) is 4.98 Å². The summed E-state index contributed by atoms with van der Waals surface area (Å²) in [6.07, 6.45) is 5.31. The van der Waals surface area contributed by atoms with E-state index < -0.39 is 0 Å². The first kappa shape index (κ1) is 19.2. The fraction of sp³-hybridized carbons (Fsp3) is 0.0800. The van der Waals surface area contributed by atoms with E-state index in [1.54, 1.807) is 18.6 Å². The molecule has 0 aliphatic carbocycles. The molecule has 2 aromatic carbocycles. The molecule has 6 heteroatoms. The van der Waals surface area contributed by atoms with Crippen LogP contribution in [0.4, 0.5) is 5.69 Å². The number of pyridine rings is 1. The molecule has 0 unspecified atom stereocenters. The molecule has 0 spiro atoms. The van der Waals surface area contributed by atoms with Crippen molar-refractivity contribution in [2.75, 3.05) is 0 Å². The van der Waals surface area contributed by atoms with Gasteiger partial charge in [0.15, 0.2) is 5.76 Å². The van der Waals surface area contributed by atoms with Gasteiger partial charge in [-0.05, 0) is 49.2 Å². The van der Waals surface area contributed by atoms with Crippen LogP contribution >= 0.6 is 11.3 Å². The van der Waals surface area contributed by atoms with E-state index in [4.69, 9.17) is 14.5 Å². The molecule has 5 aromatic rings. The Balaban J connectivity index is 1.69. The Morgan fingerprint density at radius 1 is 1.03 bits per heavy atom. The topological polar surface area (TPSA) is 55.7 Å². The lowest BCUT2D eigenvalue weighted by molar-refractivity contribution is 0.622. The first-order valence-corrected chi connectivity index (χ1v) is 10.8. The number of hydrogen-bond acceptors (Lipinski definition) is 5. The van der Waals surface area contributed by atoms with Gasteiger partial charge < -0.3 is 4.42 Å². The summed E-state index contributed by atoms with van der Waals surface area (Å²) in [4.78, 5) is 9.86. The molecule has 0 saturated carbocycles. The van der Waals surface area contributed by atoms with Gasteiger partial charge in [-0.2, -0.15) is 5.10 Å². The van der Waals surface area contributed by atoms with E-state index in [0.29, 0.717) is 0 Å². The predicted octanol–water partition coefficient (Wildman–Crippen LogP) is 6.09. The minimum atomic E-state index is 0.753. The molecule has 0 atom stereocenters. The molecule has 0 fully saturated rings. The number of thiazole rings is 1. The fourth-order valence-corrected chi connectivity index (χ4v) is 4.13. The van der Waals surface area contributed by atoms with Gasteiger partial charge in [0.05, 0.1) is 11.9 Å². The Hall–Kier alpha value is -3.77. The van der Waals surface area contributed by atoms with Crippen LogP contribution in [0.1, 0.15) is 16.7 Å². The van der Waals surface area contributed by atoms with Crippen molar-refractivity contribution >= 4 is 34.2 Å². The second-order valence-electron chi connectivity index (χ2n) is 7.23. The molecule has 0 bridgehead atoms. The van der Waals surface area contributed by atoms with Crippen LogP contribution in [0.15, 0.2) is 92.9 Å². The molecule has 0 aliphatic rings. The number of fused-ring (bicyclic) bond motifs is 1. The molecule has 5 nitrogen and oxygen atoms in total. The lowest BCUT2D eigenvalue weighted by Crippen LogP contribution is -2.11. The number of hydrogen-bond donors (Lipinski definition) is 0. The third kappa shape index (κ3) is 3.85. The summed E-state index contributed by atoms with van der Waals surface area (Å²) in [5.74, 6) is 0.753. The molecule has 152 valence electrons. The molecule has 3 heterocycles.